The molecule has 39 heavy (non-hydrogen) atoms. The standard InChI is InChI=1S/C26H26F6N4O3/c1-15(18-7-3-16(4-8-18)13-20(37)39-2)35-24(38)21(22(33)26(30,31)32)23-34-11-12-36(23)14-17-5-9-19(10-6-17)25(27,28)29/h3-10,15H,11-14,33H2,1-2H3,(H,35,38). The lowest BCUT2D eigenvalue weighted by Crippen LogP contribution is -2.40. The first-order valence-electron chi connectivity index (χ1n) is 11.7. The zero-order chi connectivity index (χ0) is 29.0. The molecule has 0 saturated carbocycles. The van der Waals surface area contributed by atoms with E-state index in [1.165, 1.54) is 24.1 Å². The maximum absolute atomic E-state index is 13.7. The molecule has 1 aliphatic rings. The number of hydrogen-bond acceptors (Lipinski definition) is 6. The zero-order valence-electron chi connectivity index (χ0n) is 21.0. The van der Waals surface area contributed by atoms with Gasteiger partial charge >= 0.3 is 18.3 Å². The largest absolute Gasteiger partial charge is 0.469 e. The first kappa shape index (κ1) is 29.5. The fourth-order valence-electron chi connectivity index (χ4n) is 3.89. The van der Waals surface area contributed by atoms with Gasteiger partial charge in [0.15, 0.2) is 0 Å². The number of alkyl halides is 6. The number of carbonyl (C=O) groups is 2. The lowest BCUT2D eigenvalue weighted by Gasteiger charge is -2.25. The molecule has 0 spiro atoms. The number of allylic oxidation sites excluding steroid dienone is 1. The highest BCUT2D eigenvalue weighted by atomic mass is 19.4. The van der Waals surface area contributed by atoms with Crippen LogP contribution in [0, 0.1) is 0 Å². The molecule has 2 aromatic rings. The molecular weight excluding hydrogens is 530 g/mol. The van der Waals surface area contributed by atoms with Gasteiger partial charge in [-0.1, -0.05) is 36.4 Å². The number of nitrogens with zero attached hydrogens (tertiary/aromatic N) is 2. The minimum absolute atomic E-state index is 0.0289. The van der Waals surface area contributed by atoms with Crippen LogP contribution in [0.4, 0.5) is 26.3 Å². The van der Waals surface area contributed by atoms with Crippen molar-refractivity contribution in [3.8, 4) is 0 Å². The summed E-state index contributed by atoms with van der Waals surface area (Å²) in [6.07, 6.45) is -9.55. The molecule has 1 atom stereocenters. The van der Waals surface area contributed by atoms with Crippen LogP contribution >= 0.6 is 0 Å². The van der Waals surface area contributed by atoms with Crippen LogP contribution in [0.25, 0.3) is 0 Å². The Balaban J connectivity index is 1.83. The van der Waals surface area contributed by atoms with Crippen LogP contribution < -0.4 is 11.1 Å². The summed E-state index contributed by atoms with van der Waals surface area (Å²) in [6, 6.07) is 9.90. The smallest absolute Gasteiger partial charge is 0.431 e. The predicted octanol–water partition coefficient (Wildman–Crippen LogP) is 4.29. The number of benzene rings is 2. The van der Waals surface area contributed by atoms with Gasteiger partial charge in [0, 0.05) is 13.1 Å². The van der Waals surface area contributed by atoms with Crippen LogP contribution in [0.3, 0.4) is 0 Å². The molecule has 0 radical (unpaired) electrons. The number of carbonyl (C=O) groups excluding carboxylic acids is 2. The molecule has 1 amide bonds. The van der Waals surface area contributed by atoms with Crippen LogP contribution in [0.15, 0.2) is 64.8 Å². The Hall–Kier alpha value is -4.03. The van der Waals surface area contributed by atoms with Gasteiger partial charge in [-0.15, -0.1) is 0 Å². The highest BCUT2D eigenvalue weighted by molar-refractivity contribution is 6.21. The van der Waals surface area contributed by atoms with Crippen LogP contribution in [0.2, 0.25) is 0 Å². The summed E-state index contributed by atoms with van der Waals surface area (Å²) in [5, 5.41) is 2.51. The average molecular weight is 557 g/mol. The molecule has 0 saturated heterocycles. The number of nitrogens with two attached hydrogens (primary N) is 1. The van der Waals surface area contributed by atoms with Gasteiger partial charge < -0.3 is 20.7 Å². The zero-order valence-corrected chi connectivity index (χ0v) is 21.0. The van der Waals surface area contributed by atoms with Gasteiger partial charge in [-0.2, -0.15) is 26.3 Å². The summed E-state index contributed by atoms with van der Waals surface area (Å²) >= 11 is 0. The third-order valence-corrected chi connectivity index (χ3v) is 6.01. The molecule has 1 aliphatic heterocycles. The first-order valence-corrected chi connectivity index (χ1v) is 11.7. The van der Waals surface area contributed by atoms with Crippen molar-refractivity contribution in [1.29, 1.82) is 0 Å². The number of aliphatic imine (C=N–C) groups is 1. The molecule has 0 bridgehead atoms. The molecule has 2 aromatic carbocycles. The second-order valence-corrected chi connectivity index (χ2v) is 8.80. The van der Waals surface area contributed by atoms with Gasteiger partial charge in [0.2, 0.25) is 0 Å². The molecular formula is C26H26F6N4O3. The Morgan fingerprint density at radius 1 is 1.03 bits per heavy atom. The lowest BCUT2D eigenvalue weighted by molar-refractivity contribution is -0.140. The van der Waals surface area contributed by atoms with Crippen molar-refractivity contribution in [2.45, 2.75) is 38.3 Å². The van der Waals surface area contributed by atoms with E-state index in [2.05, 4.69) is 15.0 Å². The number of methoxy groups -OCH3 is 1. The van der Waals surface area contributed by atoms with E-state index >= 15 is 0 Å². The minimum Gasteiger partial charge on any atom is -0.469 e. The molecule has 210 valence electrons. The van der Waals surface area contributed by atoms with E-state index in [4.69, 9.17) is 5.73 Å². The molecule has 0 aromatic heterocycles. The molecule has 0 aliphatic carbocycles. The van der Waals surface area contributed by atoms with E-state index in [1.54, 1.807) is 31.2 Å². The van der Waals surface area contributed by atoms with E-state index in [0.29, 0.717) is 16.7 Å². The van der Waals surface area contributed by atoms with Gasteiger partial charge in [0.1, 0.15) is 17.1 Å². The van der Waals surface area contributed by atoms with E-state index < -0.39 is 47.1 Å². The highest BCUT2D eigenvalue weighted by Gasteiger charge is 2.40. The summed E-state index contributed by atoms with van der Waals surface area (Å²) in [6.45, 7) is 1.67. The number of nitrogens with one attached hydrogen (secondary N) is 1. The second-order valence-electron chi connectivity index (χ2n) is 8.80. The van der Waals surface area contributed by atoms with Crippen molar-refractivity contribution < 1.29 is 40.7 Å². The Kier molecular flexibility index (Phi) is 8.92. The Labute approximate surface area is 220 Å². The predicted molar refractivity (Wildman–Crippen MR) is 130 cm³/mol. The normalized spacial score (nSPS) is 15.4. The molecule has 0 fully saturated rings. The topological polar surface area (TPSA) is 97.0 Å². The summed E-state index contributed by atoms with van der Waals surface area (Å²) in [7, 11) is 1.26. The summed E-state index contributed by atoms with van der Waals surface area (Å²) < 4.78 is 84.3. The van der Waals surface area contributed by atoms with Gasteiger partial charge in [-0.05, 0) is 35.7 Å². The molecule has 3 rings (SSSR count). The number of esters is 1. The minimum atomic E-state index is -5.05. The van der Waals surface area contributed by atoms with Crippen molar-refractivity contribution >= 4 is 17.7 Å². The van der Waals surface area contributed by atoms with Crippen molar-refractivity contribution in [3.05, 3.63) is 82.1 Å². The lowest BCUT2D eigenvalue weighted by atomic mass is 10.0. The van der Waals surface area contributed by atoms with Crippen molar-refractivity contribution in [1.82, 2.24) is 10.2 Å². The van der Waals surface area contributed by atoms with Crippen LogP contribution in [0.1, 0.15) is 35.2 Å². The van der Waals surface area contributed by atoms with E-state index in [0.717, 1.165) is 12.1 Å². The number of amides is 1. The van der Waals surface area contributed by atoms with Crippen LogP contribution in [-0.2, 0) is 33.5 Å². The molecule has 1 heterocycles. The first-order chi connectivity index (χ1) is 18.2. The number of hydrogen-bond donors (Lipinski definition) is 2. The average Bonchev–Trinajstić information content (AvgIpc) is 3.31. The molecule has 13 heteroatoms. The Morgan fingerprint density at radius 2 is 1.62 bits per heavy atom. The third-order valence-electron chi connectivity index (χ3n) is 6.01. The monoisotopic (exact) mass is 556 g/mol. The van der Waals surface area contributed by atoms with Crippen molar-refractivity contribution in [2.75, 3.05) is 20.2 Å². The molecule has 7 nitrogen and oxygen atoms in total. The van der Waals surface area contributed by atoms with Gasteiger partial charge in [-0.25, -0.2) is 0 Å². The number of rotatable bonds is 8. The molecule has 1 unspecified atom stereocenters. The third kappa shape index (κ3) is 7.52. The van der Waals surface area contributed by atoms with Crippen LogP contribution in [-0.4, -0.2) is 49.0 Å². The van der Waals surface area contributed by atoms with Crippen molar-refractivity contribution in [3.63, 3.8) is 0 Å². The fraction of sp³-hybridized carbons (Fsp3) is 0.346. The van der Waals surface area contributed by atoms with Gasteiger partial charge in [0.05, 0.1) is 31.7 Å². The number of halogens is 6. The van der Waals surface area contributed by atoms with Crippen molar-refractivity contribution in [2.24, 2.45) is 10.7 Å². The molecule has 3 N–H and O–H groups in total. The summed E-state index contributed by atoms with van der Waals surface area (Å²) in [5.41, 5.74) is 3.61. The Bertz CT molecular complexity index is 1250. The van der Waals surface area contributed by atoms with Crippen LogP contribution in [0.5, 0.6) is 0 Å². The summed E-state index contributed by atoms with van der Waals surface area (Å²) in [4.78, 5) is 30.0. The quantitative estimate of drug-likeness (QED) is 0.287. The van der Waals surface area contributed by atoms with Gasteiger partial charge in [-0.3, -0.25) is 14.6 Å². The second kappa shape index (κ2) is 11.8. The van der Waals surface area contributed by atoms with E-state index in [-0.39, 0.29) is 31.9 Å². The SMILES string of the molecule is COC(=O)Cc1ccc(C(C)NC(=O)C(C2=NCCN2Cc2ccc(C(F)(F)F)cc2)=C(N)C(F)(F)F)cc1. The maximum atomic E-state index is 13.7. The highest BCUT2D eigenvalue weighted by Crippen LogP contribution is 2.30. The number of ether oxygens (including phenoxy) is 1. The summed E-state index contributed by atoms with van der Waals surface area (Å²) in [5.74, 6) is -1.86. The number of amidine groups is 1. The van der Waals surface area contributed by atoms with Gasteiger partial charge in [0.25, 0.3) is 5.91 Å². The van der Waals surface area contributed by atoms with E-state index in [1.807, 2.05) is 0 Å². The Morgan fingerprint density at radius 3 is 2.15 bits per heavy atom. The van der Waals surface area contributed by atoms with E-state index in [9.17, 15) is 35.9 Å². The maximum Gasteiger partial charge on any atom is 0.431 e. The fourth-order valence-corrected chi connectivity index (χ4v) is 3.89.